The third-order valence-corrected chi connectivity index (χ3v) is 6.75. The van der Waals surface area contributed by atoms with E-state index in [1.54, 1.807) is 36.4 Å². The normalized spacial score (nSPS) is 11.0. The van der Waals surface area contributed by atoms with Gasteiger partial charge >= 0.3 is 5.97 Å². The summed E-state index contributed by atoms with van der Waals surface area (Å²) in [5, 5.41) is 5.90. The number of carbonyl (C=O) groups excluding carboxylic acids is 2. The van der Waals surface area contributed by atoms with Gasteiger partial charge in [0.1, 0.15) is 17.0 Å². The van der Waals surface area contributed by atoms with Crippen LogP contribution in [0, 0.1) is 0 Å². The van der Waals surface area contributed by atoms with Crippen LogP contribution in [-0.2, 0) is 0 Å². The minimum absolute atomic E-state index is 0.176. The Morgan fingerprint density at radius 1 is 0.905 bits per heavy atom. The van der Waals surface area contributed by atoms with Crippen LogP contribution >= 0.6 is 23.2 Å². The molecule has 0 fully saturated rings. The molecule has 10 heteroatoms. The van der Waals surface area contributed by atoms with E-state index in [0.717, 1.165) is 22.0 Å². The standard InChI is InChI=1S/C32H25Cl2N3O5/c1-3-41-28-15-19(9-13-27(28)42-32(39)24-17-22(34)11-14-26(24)40-2)18-35-37-31(38)30-29(20-7-5-4-6-8-20)23-16-21(33)10-12-25(23)36-30/h4-18,36H,3H2,1-2H3,(H,37,38). The molecule has 212 valence electrons. The number of hydrogen-bond acceptors (Lipinski definition) is 6. The second-order valence-corrected chi connectivity index (χ2v) is 9.88. The lowest BCUT2D eigenvalue weighted by atomic mass is 10.0. The summed E-state index contributed by atoms with van der Waals surface area (Å²) < 4.78 is 16.6. The van der Waals surface area contributed by atoms with E-state index < -0.39 is 11.9 Å². The summed E-state index contributed by atoms with van der Waals surface area (Å²) in [6.45, 7) is 2.14. The van der Waals surface area contributed by atoms with Crippen molar-refractivity contribution in [2.45, 2.75) is 6.92 Å². The van der Waals surface area contributed by atoms with E-state index >= 15 is 0 Å². The van der Waals surface area contributed by atoms with Gasteiger partial charge in [-0.05, 0) is 72.6 Å². The van der Waals surface area contributed by atoms with E-state index in [0.29, 0.717) is 39.4 Å². The first-order valence-electron chi connectivity index (χ1n) is 12.9. The van der Waals surface area contributed by atoms with Crippen molar-refractivity contribution in [2.24, 2.45) is 5.10 Å². The van der Waals surface area contributed by atoms with Crippen LogP contribution in [0.15, 0.2) is 90.0 Å². The predicted octanol–water partition coefficient (Wildman–Crippen LogP) is 7.53. The number of H-pyrrole nitrogens is 1. The number of hydrogen-bond donors (Lipinski definition) is 2. The summed E-state index contributed by atoms with van der Waals surface area (Å²) in [6, 6.07) is 24.6. The number of aromatic amines is 1. The van der Waals surface area contributed by atoms with E-state index in [4.69, 9.17) is 37.4 Å². The summed E-state index contributed by atoms with van der Waals surface area (Å²) in [5.41, 5.74) is 6.07. The summed E-state index contributed by atoms with van der Waals surface area (Å²) in [5.74, 6) is -0.230. The quantitative estimate of drug-likeness (QED) is 0.0786. The fourth-order valence-electron chi connectivity index (χ4n) is 4.41. The van der Waals surface area contributed by atoms with Crippen molar-refractivity contribution >= 4 is 52.2 Å². The number of aromatic nitrogens is 1. The van der Waals surface area contributed by atoms with Crippen molar-refractivity contribution in [2.75, 3.05) is 13.7 Å². The summed E-state index contributed by atoms with van der Waals surface area (Å²) in [7, 11) is 1.45. The zero-order chi connectivity index (χ0) is 29.6. The highest BCUT2D eigenvalue weighted by atomic mass is 35.5. The number of nitrogens with zero attached hydrogens (tertiary/aromatic N) is 1. The molecule has 0 aliphatic carbocycles. The number of amides is 1. The van der Waals surface area contributed by atoms with Crippen LogP contribution < -0.4 is 19.6 Å². The highest BCUT2D eigenvalue weighted by Crippen LogP contribution is 2.34. The Bertz CT molecular complexity index is 1800. The van der Waals surface area contributed by atoms with Crippen molar-refractivity contribution in [1.29, 1.82) is 0 Å². The minimum Gasteiger partial charge on any atom is -0.496 e. The second kappa shape index (κ2) is 12.8. The average Bonchev–Trinajstić information content (AvgIpc) is 3.37. The molecule has 2 N–H and O–H groups in total. The molecule has 1 aromatic heterocycles. The van der Waals surface area contributed by atoms with Gasteiger partial charge in [-0.15, -0.1) is 0 Å². The molecule has 42 heavy (non-hydrogen) atoms. The monoisotopic (exact) mass is 601 g/mol. The first kappa shape index (κ1) is 28.7. The molecular formula is C32H25Cl2N3O5. The molecule has 0 radical (unpaired) electrons. The Labute approximate surface area is 251 Å². The van der Waals surface area contributed by atoms with Crippen LogP contribution in [0.2, 0.25) is 10.0 Å². The first-order chi connectivity index (χ1) is 20.4. The molecule has 0 bridgehead atoms. The number of halogens is 2. The maximum absolute atomic E-state index is 13.2. The van der Waals surface area contributed by atoms with Crippen LogP contribution in [0.1, 0.15) is 33.3 Å². The lowest BCUT2D eigenvalue weighted by Gasteiger charge is -2.13. The molecule has 8 nitrogen and oxygen atoms in total. The number of hydrazone groups is 1. The van der Waals surface area contributed by atoms with Gasteiger partial charge in [0.2, 0.25) is 0 Å². The number of ether oxygens (including phenoxy) is 3. The maximum Gasteiger partial charge on any atom is 0.347 e. The van der Waals surface area contributed by atoms with Crippen molar-refractivity contribution in [1.82, 2.24) is 10.4 Å². The zero-order valence-electron chi connectivity index (χ0n) is 22.6. The Balaban J connectivity index is 1.36. The molecule has 1 amide bonds. The number of benzene rings is 4. The number of fused-ring (bicyclic) bond motifs is 1. The number of carbonyl (C=O) groups is 2. The van der Waals surface area contributed by atoms with Crippen LogP contribution in [-0.4, -0.2) is 36.8 Å². The molecule has 0 saturated carbocycles. The highest BCUT2D eigenvalue weighted by molar-refractivity contribution is 6.31. The average molecular weight is 602 g/mol. The zero-order valence-corrected chi connectivity index (χ0v) is 24.1. The third-order valence-electron chi connectivity index (χ3n) is 6.28. The Hall–Kier alpha value is -4.79. The van der Waals surface area contributed by atoms with Gasteiger partial charge in [-0.25, -0.2) is 10.2 Å². The summed E-state index contributed by atoms with van der Waals surface area (Å²) in [6.07, 6.45) is 1.47. The number of nitrogens with one attached hydrogen (secondary N) is 2. The Kier molecular flexibility index (Phi) is 8.76. The van der Waals surface area contributed by atoms with Gasteiger partial charge in [-0.2, -0.15) is 5.10 Å². The van der Waals surface area contributed by atoms with Gasteiger partial charge in [0.25, 0.3) is 5.91 Å². The van der Waals surface area contributed by atoms with Gasteiger partial charge in [-0.1, -0.05) is 53.5 Å². The number of methoxy groups -OCH3 is 1. The van der Waals surface area contributed by atoms with Gasteiger partial charge in [0.15, 0.2) is 11.5 Å². The van der Waals surface area contributed by atoms with Gasteiger partial charge in [0.05, 0.1) is 19.9 Å². The van der Waals surface area contributed by atoms with E-state index in [1.165, 1.54) is 19.4 Å². The molecule has 1 heterocycles. The predicted molar refractivity (Wildman–Crippen MR) is 164 cm³/mol. The molecule has 0 saturated heterocycles. The summed E-state index contributed by atoms with van der Waals surface area (Å²) >= 11 is 12.3. The second-order valence-electron chi connectivity index (χ2n) is 9.00. The van der Waals surface area contributed by atoms with Crippen molar-refractivity contribution in [3.05, 3.63) is 112 Å². The molecule has 0 atom stereocenters. The Morgan fingerprint density at radius 2 is 1.64 bits per heavy atom. The third kappa shape index (κ3) is 6.25. The van der Waals surface area contributed by atoms with Crippen LogP contribution in [0.3, 0.4) is 0 Å². The largest absolute Gasteiger partial charge is 0.496 e. The van der Waals surface area contributed by atoms with Crippen molar-refractivity contribution in [3.8, 4) is 28.4 Å². The lowest BCUT2D eigenvalue weighted by molar-refractivity contribution is 0.0724. The van der Waals surface area contributed by atoms with Gasteiger partial charge < -0.3 is 19.2 Å². The first-order valence-corrected chi connectivity index (χ1v) is 13.7. The van der Waals surface area contributed by atoms with Crippen LogP contribution in [0.4, 0.5) is 0 Å². The van der Waals surface area contributed by atoms with E-state index in [2.05, 4.69) is 15.5 Å². The molecule has 0 unspecified atom stereocenters. The fraction of sp³-hybridized carbons (Fsp3) is 0.0938. The molecule has 5 aromatic rings. The fourth-order valence-corrected chi connectivity index (χ4v) is 4.76. The smallest absolute Gasteiger partial charge is 0.347 e. The van der Waals surface area contributed by atoms with E-state index in [1.807, 2.05) is 49.4 Å². The van der Waals surface area contributed by atoms with Gasteiger partial charge in [-0.3, -0.25) is 4.79 Å². The summed E-state index contributed by atoms with van der Waals surface area (Å²) in [4.78, 5) is 29.3. The van der Waals surface area contributed by atoms with E-state index in [9.17, 15) is 9.59 Å². The topological polar surface area (TPSA) is 102 Å². The Morgan fingerprint density at radius 3 is 2.40 bits per heavy atom. The molecule has 0 aliphatic rings. The lowest BCUT2D eigenvalue weighted by Crippen LogP contribution is -2.18. The SMILES string of the molecule is CCOc1cc(C=NNC(=O)c2[nH]c3ccc(Cl)cc3c2-c2ccccc2)ccc1OC(=O)c1cc(Cl)ccc1OC. The van der Waals surface area contributed by atoms with Crippen LogP contribution in [0.25, 0.3) is 22.0 Å². The molecular weight excluding hydrogens is 577 g/mol. The van der Waals surface area contributed by atoms with Gasteiger partial charge in [0, 0.05) is 26.5 Å². The highest BCUT2D eigenvalue weighted by Gasteiger charge is 2.20. The van der Waals surface area contributed by atoms with Crippen molar-refractivity contribution in [3.63, 3.8) is 0 Å². The minimum atomic E-state index is -0.655. The maximum atomic E-state index is 13.2. The molecule has 5 rings (SSSR count). The van der Waals surface area contributed by atoms with Crippen molar-refractivity contribution < 1.29 is 23.8 Å². The molecule has 0 spiro atoms. The van der Waals surface area contributed by atoms with E-state index in [-0.39, 0.29) is 11.3 Å². The molecule has 4 aromatic carbocycles. The molecule has 0 aliphatic heterocycles. The number of esters is 1. The number of rotatable bonds is 9. The van der Waals surface area contributed by atoms with Crippen LogP contribution in [0.5, 0.6) is 17.2 Å².